The van der Waals surface area contributed by atoms with Gasteiger partial charge in [0.2, 0.25) is 5.88 Å². The first-order valence-electron chi connectivity index (χ1n) is 9.13. The predicted molar refractivity (Wildman–Crippen MR) is 105 cm³/mol. The number of aromatic hydroxyl groups is 1. The Bertz CT molecular complexity index is 890. The zero-order chi connectivity index (χ0) is 19.3. The summed E-state index contributed by atoms with van der Waals surface area (Å²) in [7, 11) is 0. The van der Waals surface area contributed by atoms with E-state index < -0.39 is 11.2 Å². The van der Waals surface area contributed by atoms with E-state index in [-0.39, 0.29) is 11.4 Å². The van der Waals surface area contributed by atoms with Crippen molar-refractivity contribution in [2.45, 2.75) is 59.4 Å². The lowest BCUT2D eigenvalue weighted by molar-refractivity contribution is 0.394. The maximum atomic E-state index is 12.3. The molecule has 0 aliphatic rings. The third-order valence-corrected chi connectivity index (χ3v) is 4.35. The van der Waals surface area contributed by atoms with Gasteiger partial charge in [-0.1, -0.05) is 46.2 Å². The first-order chi connectivity index (χ1) is 12.4. The van der Waals surface area contributed by atoms with Crippen molar-refractivity contribution in [2.24, 2.45) is 4.99 Å². The molecule has 0 spiro atoms. The number of rotatable bonds is 7. The number of nitrogens with one attached hydrogen (secondary N) is 1. The van der Waals surface area contributed by atoms with Crippen LogP contribution in [0.2, 0.25) is 0 Å². The third-order valence-electron chi connectivity index (χ3n) is 4.35. The molecule has 26 heavy (non-hydrogen) atoms. The molecule has 2 aromatic rings. The standard InChI is InChI=1S/C20H27N3O3/c1-5-7-12-23-19(25)17(18(24)22-20(23)26)16(6-2)21-15-10-8-14(9-11-15)13(3)4/h8-11,13,25H,5-7,12H2,1-4H3,(H,22,24,26). The topological polar surface area (TPSA) is 87.4 Å². The quantitative estimate of drug-likeness (QED) is 0.741. The van der Waals surface area contributed by atoms with Gasteiger partial charge >= 0.3 is 5.69 Å². The molecule has 2 rings (SSSR count). The van der Waals surface area contributed by atoms with Gasteiger partial charge in [-0.2, -0.15) is 0 Å². The summed E-state index contributed by atoms with van der Waals surface area (Å²) in [5, 5.41) is 10.5. The average molecular weight is 357 g/mol. The van der Waals surface area contributed by atoms with Gasteiger partial charge in [-0.3, -0.25) is 19.3 Å². The molecule has 140 valence electrons. The van der Waals surface area contributed by atoms with Crippen LogP contribution < -0.4 is 11.2 Å². The van der Waals surface area contributed by atoms with Crippen LogP contribution in [0.5, 0.6) is 5.88 Å². The highest BCUT2D eigenvalue weighted by Crippen LogP contribution is 2.22. The Morgan fingerprint density at radius 2 is 1.85 bits per heavy atom. The van der Waals surface area contributed by atoms with E-state index in [4.69, 9.17) is 0 Å². The Morgan fingerprint density at radius 1 is 1.19 bits per heavy atom. The number of aromatic nitrogens is 2. The Kier molecular flexibility index (Phi) is 6.55. The molecule has 0 aliphatic heterocycles. The second kappa shape index (κ2) is 8.65. The fourth-order valence-corrected chi connectivity index (χ4v) is 2.74. The largest absolute Gasteiger partial charge is 0.494 e. The lowest BCUT2D eigenvalue weighted by Gasteiger charge is -2.12. The molecule has 0 atom stereocenters. The molecular weight excluding hydrogens is 330 g/mol. The zero-order valence-corrected chi connectivity index (χ0v) is 15.9. The van der Waals surface area contributed by atoms with E-state index in [0.29, 0.717) is 30.3 Å². The summed E-state index contributed by atoms with van der Waals surface area (Å²) < 4.78 is 1.20. The monoisotopic (exact) mass is 357 g/mol. The summed E-state index contributed by atoms with van der Waals surface area (Å²) in [5.74, 6) is 0.110. The van der Waals surface area contributed by atoms with E-state index >= 15 is 0 Å². The molecule has 0 amide bonds. The van der Waals surface area contributed by atoms with Crippen molar-refractivity contribution in [3.63, 3.8) is 0 Å². The summed E-state index contributed by atoms with van der Waals surface area (Å²) in [6.07, 6.45) is 2.06. The Morgan fingerprint density at radius 3 is 2.38 bits per heavy atom. The van der Waals surface area contributed by atoms with E-state index in [1.165, 1.54) is 10.1 Å². The van der Waals surface area contributed by atoms with E-state index in [9.17, 15) is 14.7 Å². The summed E-state index contributed by atoms with van der Waals surface area (Å²) in [6, 6.07) is 7.79. The van der Waals surface area contributed by atoms with Crippen LogP contribution in [0.3, 0.4) is 0 Å². The predicted octanol–water partition coefficient (Wildman–Crippen LogP) is 3.70. The number of aromatic amines is 1. The van der Waals surface area contributed by atoms with Gasteiger partial charge in [0.05, 0.1) is 11.4 Å². The zero-order valence-electron chi connectivity index (χ0n) is 15.9. The highest BCUT2D eigenvalue weighted by Gasteiger charge is 2.18. The number of hydrogen-bond acceptors (Lipinski definition) is 4. The van der Waals surface area contributed by atoms with Crippen LogP contribution in [0.4, 0.5) is 5.69 Å². The summed E-state index contributed by atoms with van der Waals surface area (Å²) in [5.41, 5.74) is 1.22. The molecule has 6 nitrogen and oxygen atoms in total. The van der Waals surface area contributed by atoms with Crippen molar-refractivity contribution in [1.82, 2.24) is 9.55 Å². The van der Waals surface area contributed by atoms with Crippen LogP contribution in [0, 0.1) is 0 Å². The molecule has 2 N–H and O–H groups in total. The summed E-state index contributed by atoms with van der Waals surface area (Å²) in [6.45, 7) is 8.45. The molecule has 0 bridgehead atoms. The van der Waals surface area contributed by atoms with Crippen LogP contribution >= 0.6 is 0 Å². The molecule has 0 fully saturated rings. The van der Waals surface area contributed by atoms with Crippen molar-refractivity contribution in [3.05, 3.63) is 56.2 Å². The molecular formula is C20H27N3O3. The highest BCUT2D eigenvalue weighted by atomic mass is 16.3. The van der Waals surface area contributed by atoms with Gasteiger partial charge in [0, 0.05) is 6.54 Å². The Labute approximate surface area is 153 Å². The van der Waals surface area contributed by atoms with Crippen LogP contribution in [0.1, 0.15) is 64.0 Å². The molecule has 0 saturated carbocycles. The highest BCUT2D eigenvalue weighted by molar-refractivity contribution is 6.03. The average Bonchev–Trinajstić information content (AvgIpc) is 2.60. The van der Waals surface area contributed by atoms with E-state index in [1.807, 2.05) is 38.1 Å². The van der Waals surface area contributed by atoms with Gasteiger partial charge in [-0.25, -0.2) is 4.79 Å². The fourth-order valence-electron chi connectivity index (χ4n) is 2.74. The number of unbranched alkanes of at least 4 members (excludes halogenated alkanes) is 1. The van der Waals surface area contributed by atoms with Crippen LogP contribution in [-0.4, -0.2) is 20.4 Å². The minimum Gasteiger partial charge on any atom is -0.494 e. The van der Waals surface area contributed by atoms with Crippen LogP contribution in [-0.2, 0) is 6.54 Å². The molecule has 0 aliphatic carbocycles. The first kappa shape index (κ1) is 19.7. The van der Waals surface area contributed by atoms with E-state index in [1.54, 1.807) is 0 Å². The molecule has 6 heteroatoms. The molecule has 1 aromatic carbocycles. The van der Waals surface area contributed by atoms with Crippen LogP contribution in [0.15, 0.2) is 38.8 Å². The first-order valence-corrected chi connectivity index (χ1v) is 9.13. The molecule has 1 heterocycles. The van der Waals surface area contributed by atoms with Crippen LogP contribution in [0.25, 0.3) is 0 Å². The number of benzene rings is 1. The maximum Gasteiger partial charge on any atom is 0.331 e. The number of aliphatic imine (C=N–C) groups is 1. The minimum atomic E-state index is -0.611. The van der Waals surface area contributed by atoms with Crippen molar-refractivity contribution in [3.8, 4) is 5.88 Å². The second-order valence-corrected chi connectivity index (χ2v) is 6.62. The molecule has 0 unspecified atom stereocenters. The van der Waals surface area contributed by atoms with Gasteiger partial charge in [-0.05, 0) is 36.5 Å². The lowest BCUT2D eigenvalue weighted by Crippen LogP contribution is -2.34. The minimum absolute atomic E-state index is 0.0659. The number of nitrogens with zero attached hydrogens (tertiary/aromatic N) is 2. The van der Waals surface area contributed by atoms with Gasteiger partial charge in [0.25, 0.3) is 5.56 Å². The normalized spacial score (nSPS) is 12.0. The fraction of sp³-hybridized carbons (Fsp3) is 0.450. The molecule has 0 radical (unpaired) electrons. The smallest absolute Gasteiger partial charge is 0.331 e. The summed E-state index contributed by atoms with van der Waals surface area (Å²) in [4.78, 5) is 31.1. The van der Waals surface area contributed by atoms with Gasteiger partial charge < -0.3 is 5.11 Å². The molecule has 0 saturated heterocycles. The SMILES string of the molecule is CCCCn1c(O)c(C(CC)=Nc2ccc(C(C)C)cc2)c(=O)[nH]c1=O. The molecule has 1 aromatic heterocycles. The van der Waals surface area contributed by atoms with Gasteiger partial charge in [0.1, 0.15) is 5.56 Å². The van der Waals surface area contributed by atoms with Crippen molar-refractivity contribution >= 4 is 11.4 Å². The lowest BCUT2D eigenvalue weighted by atomic mass is 10.0. The van der Waals surface area contributed by atoms with Crippen molar-refractivity contribution in [2.75, 3.05) is 0 Å². The maximum absolute atomic E-state index is 12.3. The van der Waals surface area contributed by atoms with E-state index in [0.717, 1.165) is 12.8 Å². The number of H-pyrrole nitrogens is 1. The van der Waals surface area contributed by atoms with Crippen molar-refractivity contribution < 1.29 is 5.11 Å². The summed E-state index contributed by atoms with van der Waals surface area (Å²) >= 11 is 0. The Balaban J connectivity index is 2.52. The van der Waals surface area contributed by atoms with Gasteiger partial charge in [-0.15, -0.1) is 0 Å². The van der Waals surface area contributed by atoms with Gasteiger partial charge in [0.15, 0.2) is 0 Å². The number of hydrogen-bond donors (Lipinski definition) is 2. The Hall–Kier alpha value is -2.63. The second-order valence-electron chi connectivity index (χ2n) is 6.62. The van der Waals surface area contributed by atoms with Crippen molar-refractivity contribution in [1.29, 1.82) is 0 Å². The van der Waals surface area contributed by atoms with E-state index in [2.05, 4.69) is 23.8 Å². The third kappa shape index (κ3) is 4.31.